The molecule has 2 aromatic carbocycles. The third-order valence-electron chi connectivity index (χ3n) is 4.74. The Morgan fingerprint density at radius 3 is 2.34 bits per heavy atom. The lowest BCUT2D eigenvalue weighted by Crippen LogP contribution is -2.34. The normalized spacial score (nSPS) is 11.4. The molecule has 2 rings (SSSR count). The van der Waals surface area contributed by atoms with Crippen molar-refractivity contribution in [3.05, 3.63) is 54.1 Å². The monoisotopic (exact) mass is 477 g/mol. The van der Waals surface area contributed by atoms with Crippen LogP contribution in [-0.4, -0.2) is 43.4 Å². The van der Waals surface area contributed by atoms with Gasteiger partial charge >= 0.3 is 0 Å². The first kappa shape index (κ1) is 25.8. The average molecular weight is 478 g/mol. The van der Waals surface area contributed by atoms with Crippen LogP contribution in [0.15, 0.2) is 53.4 Å². The van der Waals surface area contributed by atoms with Crippen LogP contribution in [0, 0.1) is 5.92 Å². The molecule has 0 aliphatic rings. The van der Waals surface area contributed by atoms with Gasteiger partial charge in [-0.2, -0.15) is 4.31 Å². The number of amides is 1. The predicted molar refractivity (Wildman–Crippen MR) is 132 cm³/mol. The van der Waals surface area contributed by atoms with E-state index < -0.39 is 10.0 Å². The van der Waals surface area contributed by atoms with Crippen molar-refractivity contribution < 1.29 is 17.9 Å². The van der Waals surface area contributed by atoms with Gasteiger partial charge in [0.25, 0.3) is 5.91 Å². The minimum Gasteiger partial charge on any atom is -0.494 e. The second-order valence-electron chi connectivity index (χ2n) is 7.58. The van der Waals surface area contributed by atoms with E-state index in [4.69, 9.17) is 17.0 Å². The summed E-state index contributed by atoms with van der Waals surface area (Å²) in [6, 6.07) is 13.2. The van der Waals surface area contributed by atoms with Crippen molar-refractivity contribution in [3.8, 4) is 5.75 Å². The number of hydrogen-bond donors (Lipinski definition) is 2. The van der Waals surface area contributed by atoms with Crippen LogP contribution in [0.1, 0.15) is 44.5 Å². The van der Waals surface area contributed by atoms with Crippen LogP contribution in [0.4, 0.5) is 5.69 Å². The zero-order valence-corrected chi connectivity index (χ0v) is 20.6. The van der Waals surface area contributed by atoms with Crippen molar-refractivity contribution in [3.63, 3.8) is 0 Å². The molecule has 32 heavy (non-hydrogen) atoms. The Morgan fingerprint density at radius 2 is 1.75 bits per heavy atom. The lowest BCUT2D eigenvalue weighted by molar-refractivity contribution is 0.0977. The van der Waals surface area contributed by atoms with E-state index in [9.17, 15) is 13.2 Å². The first-order valence-corrected chi connectivity index (χ1v) is 12.5. The number of anilines is 1. The molecule has 0 spiro atoms. The van der Waals surface area contributed by atoms with Gasteiger partial charge in [0.05, 0.1) is 11.5 Å². The molecule has 0 bridgehead atoms. The van der Waals surface area contributed by atoms with E-state index in [0.29, 0.717) is 42.6 Å². The van der Waals surface area contributed by atoms with Crippen LogP contribution in [0.2, 0.25) is 0 Å². The number of rotatable bonds is 10. The summed E-state index contributed by atoms with van der Waals surface area (Å²) in [5, 5.41) is 5.64. The van der Waals surface area contributed by atoms with Crippen LogP contribution < -0.4 is 15.4 Å². The molecule has 0 aliphatic heterocycles. The Kier molecular flexibility index (Phi) is 9.61. The first-order chi connectivity index (χ1) is 15.2. The average Bonchev–Trinajstić information content (AvgIpc) is 2.74. The highest BCUT2D eigenvalue weighted by molar-refractivity contribution is 7.89. The highest BCUT2D eigenvalue weighted by Gasteiger charge is 2.21. The molecule has 0 radical (unpaired) electrons. The smallest absolute Gasteiger partial charge is 0.257 e. The quantitative estimate of drug-likeness (QED) is 0.497. The number of carbonyl (C=O) groups excluding carboxylic acids is 1. The van der Waals surface area contributed by atoms with E-state index in [2.05, 4.69) is 24.5 Å². The van der Waals surface area contributed by atoms with E-state index in [-0.39, 0.29) is 15.9 Å². The summed E-state index contributed by atoms with van der Waals surface area (Å²) in [5.41, 5.74) is 0.997. The summed E-state index contributed by atoms with van der Waals surface area (Å²) < 4.78 is 32.2. The fraction of sp³-hybridized carbons (Fsp3) is 0.391. The molecule has 7 nitrogen and oxygen atoms in total. The van der Waals surface area contributed by atoms with E-state index in [1.54, 1.807) is 44.2 Å². The molecule has 0 saturated heterocycles. The molecular weight excluding hydrogens is 446 g/mol. The number of sulfonamides is 1. The van der Waals surface area contributed by atoms with Crippen LogP contribution in [0.3, 0.4) is 0 Å². The van der Waals surface area contributed by atoms with E-state index in [1.165, 1.54) is 16.4 Å². The van der Waals surface area contributed by atoms with Crippen LogP contribution in [0.5, 0.6) is 5.75 Å². The van der Waals surface area contributed by atoms with Crippen molar-refractivity contribution in [2.45, 2.75) is 39.0 Å². The molecular formula is C23H31N3O4S2. The summed E-state index contributed by atoms with van der Waals surface area (Å²) in [7, 11) is -3.53. The molecule has 0 aliphatic carbocycles. The van der Waals surface area contributed by atoms with Crippen molar-refractivity contribution in [1.29, 1.82) is 0 Å². The number of ether oxygens (including phenoxy) is 1. The molecule has 0 saturated carbocycles. The van der Waals surface area contributed by atoms with Crippen LogP contribution >= 0.6 is 12.2 Å². The highest BCUT2D eigenvalue weighted by Crippen LogP contribution is 2.18. The number of hydrogen-bond acceptors (Lipinski definition) is 5. The number of carbonyl (C=O) groups is 1. The third kappa shape index (κ3) is 7.29. The maximum atomic E-state index is 12.6. The van der Waals surface area contributed by atoms with Crippen LogP contribution in [0.25, 0.3) is 0 Å². The predicted octanol–water partition coefficient (Wildman–Crippen LogP) is 4.27. The van der Waals surface area contributed by atoms with Gasteiger partial charge in [0.1, 0.15) is 5.75 Å². The van der Waals surface area contributed by atoms with Gasteiger partial charge < -0.3 is 10.1 Å². The van der Waals surface area contributed by atoms with E-state index in [0.717, 1.165) is 6.42 Å². The summed E-state index contributed by atoms with van der Waals surface area (Å²) in [4.78, 5) is 12.7. The van der Waals surface area contributed by atoms with Crippen molar-refractivity contribution in [2.75, 3.05) is 25.0 Å². The molecule has 2 N–H and O–H groups in total. The van der Waals surface area contributed by atoms with Gasteiger partial charge in [-0.05, 0) is 67.0 Å². The minimum atomic E-state index is -3.53. The molecule has 1 amide bonds. The number of nitrogens with one attached hydrogen (secondary N) is 2. The fourth-order valence-corrected chi connectivity index (χ4v) is 4.57. The standard InChI is InChI=1S/C23H31N3O4S2/c1-5-26(6-2)32(28,29)21-12-10-19(11-13-21)24-23(31)25-22(27)18-8-7-9-20(16-18)30-15-14-17(3)4/h7-13,16-17H,5-6,14-15H2,1-4H3,(H2,24,25,27,31). The Balaban J connectivity index is 1.97. The van der Waals surface area contributed by atoms with E-state index in [1.807, 2.05) is 6.07 Å². The molecule has 0 atom stereocenters. The fourth-order valence-electron chi connectivity index (χ4n) is 2.90. The molecule has 0 unspecified atom stereocenters. The number of nitrogens with zero attached hydrogens (tertiary/aromatic N) is 1. The Hall–Kier alpha value is -2.49. The van der Waals surface area contributed by atoms with Crippen molar-refractivity contribution in [1.82, 2.24) is 9.62 Å². The van der Waals surface area contributed by atoms with Crippen molar-refractivity contribution in [2.24, 2.45) is 5.92 Å². The van der Waals surface area contributed by atoms with Gasteiger partial charge in [-0.3, -0.25) is 10.1 Å². The van der Waals surface area contributed by atoms with Gasteiger partial charge in [0, 0.05) is 24.3 Å². The van der Waals surface area contributed by atoms with Gasteiger partial charge in [-0.25, -0.2) is 8.42 Å². The Morgan fingerprint density at radius 1 is 1.09 bits per heavy atom. The summed E-state index contributed by atoms with van der Waals surface area (Å²) in [6.07, 6.45) is 0.930. The third-order valence-corrected chi connectivity index (χ3v) is 7.01. The SMILES string of the molecule is CCN(CC)S(=O)(=O)c1ccc(NC(=S)NC(=O)c2cccc(OCCC(C)C)c2)cc1. The second-order valence-corrected chi connectivity index (χ2v) is 9.93. The topological polar surface area (TPSA) is 87.7 Å². The molecule has 174 valence electrons. The summed E-state index contributed by atoms with van der Waals surface area (Å²) >= 11 is 5.23. The maximum absolute atomic E-state index is 12.6. The summed E-state index contributed by atoms with van der Waals surface area (Å²) in [5.74, 6) is 0.802. The highest BCUT2D eigenvalue weighted by atomic mass is 32.2. The largest absolute Gasteiger partial charge is 0.494 e. The molecule has 0 fully saturated rings. The zero-order valence-electron chi connectivity index (χ0n) is 18.9. The second kappa shape index (κ2) is 11.9. The Bertz CT molecular complexity index is 1020. The van der Waals surface area contributed by atoms with Gasteiger partial charge in [0.2, 0.25) is 10.0 Å². The van der Waals surface area contributed by atoms with Crippen molar-refractivity contribution >= 4 is 38.9 Å². The lowest BCUT2D eigenvalue weighted by Gasteiger charge is -2.18. The van der Waals surface area contributed by atoms with E-state index >= 15 is 0 Å². The van der Waals surface area contributed by atoms with Gasteiger partial charge in [-0.15, -0.1) is 0 Å². The molecule has 2 aromatic rings. The molecule has 9 heteroatoms. The number of thiocarbonyl (C=S) groups is 1. The zero-order chi connectivity index (χ0) is 23.7. The van der Waals surface area contributed by atoms with Gasteiger partial charge in [0.15, 0.2) is 5.11 Å². The number of benzene rings is 2. The Labute approximate surface area is 196 Å². The maximum Gasteiger partial charge on any atom is 0.257 e. The minimum absolute atomic E-state index is 0.112. The lowest BCUT2D eigenvalue weighted by atomic mass is 10.1. The van der Waals surface area contributed by atoms with Gasteiger partial charge in [-0.1, -0.05) is 33.8 Å². The summed E-state index contributed by atoms with van der Waals surface area (Å²) in [6.45, 7) is 9.23. The molecule has 0 heterocycles. The first-order valence-electron chi connectivity index (χ1n) is 10.6. The molecule has 0 aromatic heterocycles. The van der Waals surface area contributed by atoms with Crippen LogP contribution in [-0.2, 0) is 10.0 Å².